The molecule has 0 saturated heterocycles. The number of fused-ring (bicyclic) bond motifs is 1. The molecule has 5 nitrogen and oxygen atoms in total. The third-order valence-electron chi connectivity index (χ3n) is 3.99. The highest BCUT2D eigenvalue weighted by Crippen LogP contribution is 2.24. The zero-order chi connectivity index (χ0) is 17.1. The predicted molar refractivity (Wildman–Crippen MR) is 98.4 cm³/mol. The van der Waals surface area contributed by atoms with Gasteiger partial charge in [0, 0.05) is 29.7 Å². The molecule has 4 aromatic rings. The summed E-state index contributed by atoms with van der Waals surface area (Å²) in [5.74, 6) is 0.543. The van der Waals surface area contributed by atoms with Gasteiger partial charge >= 0.3 is 0 Å². The van der Waals surface area contributed by atoms with E-state index >= 15 is 0 Å². The van der Waals surface area contributed by atoms with Crippen molar-refractivity contribution in [3.05, 3.63) is 78.8 Å². The van der Waals surface area contributed by atoms with E-state index in [-0.39, 0.29) is 6.61 Å². The first kappa shape index (κ1) is 15.2. The maximum Gasteiger partial charge on any atom is 0.227 e. The summed E-state index contributed by atoms with van der Waals surface area (Å²) in [4.78, 5) is 13.0. The maximum atomic E-state index is 9.09. The molecule has 2 aromatic carbocycles. The third-order valence-corrected chi connectivity index (χ3v) is 3.99. The average molecular weight is 328 g/mol. The summed E-state index contributed by atoms with van der Waals surface area (Å²) in [5, 5.41) is 13.3. The average Bonchev–Trinajstić information content (AvgIpc) is 2.69. The van der Waals surface area contributed by atoms with Crippen molar-refractivity contribution in [1.29, 1.82) is 0 Å². The molecule has 25 heavy (non-hydrogen) atoms. The number of nitrogens with one attached hydrogen (secondary N) is 1. The molecule has 2 aromatic heterocycles. The molecule has 2 heterocycles. The van der Waals surface area contributed by atoms with Gasteiger partial charge in [-0.25, -0.2) is 9.97 Å². The highest BCUT2D eigenvalue weighted by atomic mass is 16.3. The lowest BCUT2D eigenvalue weighted by atomic mass is 10.1. The number of aliphatic hydroxyl groups is 1. The Morgan fingerprint density at radius 3 is 2.44 bits per heavy atom. The number of benzene rings is 2. The van der Waals surface area contributed by atoms with Gasteiger partial charge in [-0.3, -0.25) is 4.98 Å². The molecule has 2 N–H and O–H groups in total. The quantitative estimate of drug-likeness (QED) is 0.594. The number of anilines is 2. The minimum atomic E-state index is 0.0343. The fourth-order valence-electron chi connectivity index (χ4n) is 2.64. The van der Waals surface area contributed by atoms with E-state index in [0.717, 1.165) is 33.3 Å². The summed E-state index contributed by atoms with van der Waals surface area (Å²) < 4.78 is 0. The number of hydrogen-bond acceptors (Lipinski definition) is 5. The van der Waals surface area contributed by atoms with E-state index in [1.165, 1.54) is 0 Å². The van der Waals surface area contributed by atoms with Crippen LogP contribution in [0.4, 0.5) is 11.6 Å². The van der Waals surface area contributed by atoms with Crippen molar-refractivity contribution in [3.8, 4) is 11.1 Å². The van der Waals surface area contributed by atoms with Gasteiger partial charge in [-0.2, -0.15) is 0 Å². The molecule has 0 atom stereocenters. The molecule has 0 fully saturated rings. The lowest BCUT2D eigenvalue weighted by Gasteiger charge is -2.07. The van der Waals surface area contributed by atoms with Crippen molar-refractivity contribution in [1.82, 2.24) is 15.0 Å². The second-order valence-electron chi connectivity index (χ2n) is 5.68. The second-order valence-corrected chi connectivity index (χ2v) is 5.68. The molecular weight excluding hydrogens is 312 g/mol. The first-order chi connectivity index (χ1) is 12.3. The van der Waals surface area contributed by atoms with Gasteiger partial charge in [0.2, 0.25) is 5.95 Å². The fourth-order valence-corrected chi connectivity index (χ4v) is 2.64. The molecule has 0 unspecified atom stereocenters. The highest BCUT2D eigenvalue weighted by Gasteiger charge is 2.04. The van der Waals surface area contributed by atoms with Gasteiger partial charge in [-0.05, 0) is 53.1 Å². The van der Waals surface area contributed by atoms with Crippen molar-refractivity contribution in [2.24, 2.45) is 0 Å². The first-order valence-corrected chi connectivity index (χ1v) is 7.96. The van der Waals surface area contributed by atoms with Gasteiger partial charge in [0.15, 0.2) is 0 Å². The van der Waals surface area contributed by atoms with E-state index in [1.54, 1.807) is 12.4 Å². The maximum absolute atomic E-state index is 9.09. The van der Waals surface area contributed by atoms with Gasteiger partial charge in [0.25, 0.3) is 0 Å². The van der Waals surface area contributed by atoms with E-state index in [0.29, 0.717) is 5.95 Å². The number of aliphatic hydroxyl groups excluding tert-OH is 1. The number of hydrogen-bond donors (Lipinski definition) is 2. The zero-order valence-electron chi connectivity index (χ0n) is 13.4. The van der Waals surface area contributed by atoms with Gasteiger partial charge in [0.1, 0.15) is 0 Å². The largest absolute Gasteiger partial charge is 0.392 e. The molecule has 0 aliphatic heterocycles. The molecule has 4 rings (SSSR count). The van der Waals surface area contributed by atoms with E-state index in [4.69, 9.17) is 5.11 Å². The van der Waals surface area contributed by atoms with Crippen LogP contribution < -0.4 is 5.32 Å². The molecule has 5 heteroatoms. The summed E-state index contributed by atoms with van der Waals surface area (Å²) in [7, 11) is 0. The Morgan fingerprint density at radius 2 is 1.68 bits per heavy atom. The smallest absolute Gasteiger partial charge is 0.227 e. The van der Waals surface area contributed by atoms with Crippen LogP contribution in [0.1, 0.15) is 5.56 Å². The first-order valence-electron chi connectivity index (χ1n) is 7.96. The Hall–Kier alpha value is -3.31. The predicted octanol–water partition coefficient (Wildman–Crippen LogP) is 3.93. The summed E-state index contributed by atoms with van der Waals surface area (Å²) in [5.41, 5.74) is 4.85. The second kappa shape index (κ2) is 6.67. The minimum absolute atomic E-state index is 0.0343. The number of nitrogens with zero attached hydrogens (tertiary/aromatic N) is 3. The van der Waals surface area contributed by atoms with E-state index in [2.05, 4.69) is 26.3 Å². The van der Waals surface area contributed by atoms with Crippen LogP contribution in [-0.4, -0.2) is 20.1 Å². The van der Waals surface area contributed by atoms with Crippen LogP contribution in [0.25, 0.3) is 22.0 Å². The van der Waals surface area contributed by atoms with Gasteiger partial charge < -0.3 is 10.4 Å². The Bertz CT molecular complexity index is 1000. The van der Waals surface area contributed by atoms with E-state index < -0.39 is 0 Å². The van der Waals surface area contributed by atoms with Crippen LogP contribution in [0.15, 0.2) is 73.2 Å². The van der Waals surface area contributed by atoms with Crippen molar-refractivity contribution < 1.29 is 5.11 Å². The lowest BCUT2D eigenvalue weighted by Crippen LogP contribution is -1.97. The Morgan fingerprint density at radius 1 is 0.880 bits per heavy atom. The summed E-state index contributed by atoms with van der Waals surface area (Å²) in [6.07, 6.45) is 5.38. The van der Waals surface area contributed by atoms with Crippen molar-refractivity contribution >= 4 is 22.5 Å². The lowest BCUT2D eigenvalue weighted by molar-refractivity contribution is 0.282. The zero-order valence-corrected chi connectivity index (χ0v) is 13.4. The SMILES string of the molecule is OCc1ccc(Nc2ncc3cc(-c4ccncc4)ccc3n2)cc1. The van der Waals surface area contributed by atoms with Crippen LogP contribution in [0.2, 0.25) is 0 Å². The molecule has 0 spiro atoms. The van der Waals surface area contributed by atoms with E-state index in [1.807, 2.05) is 54.7 Å². The van der Waals surface area contributed by atoms with Gasteiger partial charge in [0.05, 0.1) is 12.1 Å². The third kappa shape index (κ3) is 3.32. The molecule has 0 bridgehead atoms. The van der Waals surface area contributed by atoms with Crippen molar-refractivity contribution in [3.63, 3.8) is 0 Å². The monoisotopic (exact) mass is 328 g/mol. The standard InChI is InChI=1S/C20H16N4O/c25-13-14-1-4-18(5-2-14)23-20-22-12-17-11-16(3-6-19(17)24-20)15-7-9-21-10-8-15/h1-12,25H,13H2,(H,22,23,24). The van der Waals surface area contributed by atoms with E-state index in [9.17, 15) is 0 Å². The summed E-state index contributed by atoms with van der Waals surface area (Å²) >= 11 is 0. The van der Waals surface area contributed by atoms with Gasteiger partial charge in [-0.1, -0.05) is 18.2 Å². The normalized spacial score (nSPS) is 10.8. The molecule has 0 amide bonds. The van der Waals surface area contributed by atoms with Crippen LogP contribution >= 0.6 is 0 Å². The Kier molecular flexibility index (Phi) is 4.06. The molecule has 0 radical (unpaired) electrons. The number of pyridine rings is 1. The van der Waals surface area contributed by atoms with Crippen molar-refractivity contribution in [2.45, 2.75) is 6.61 Å². The number of aromatic nitrogens is 3. The summed E-state index contributed by atoms with van der Waals surface area (Å²) in [6.45, 7) is 0.0343. The summed E-state index contributed by atoms with van der Waals surface area (Å²) in [6, 6.07) is 17.6. The molecule has 0 aliphatic carbocycles. The van der Waals surface area contributed by atoms with Crippen LogP contribution in [0.3, 0.4) is 0 Å². The minimum Gasteiger partial charge on any atom is -0.392 e. The van der Waals surface area contributed by atoms with Crippen LogP contribution in [0, 0.1) is 0 Å². The molecular formula is C20H16N4O. The van der Waals surface area contributed by atoms with Crippen LogP contribution in [-0.2, 0) is 6.61 Å². The Balaban J connectivity index is 1.62. The topological polar surface area (TPSA) is 70.9 Å². The highest BCUT2D eigenvalue weighted by molar-refractivity contribution is 5.84. The molecule has 0 aliphatic rings. The number of rotatable bonds is 4. The van der Waals surface area contributed by atoms with Crippen molar-refractivity contribution in [2.75, 3.05) is 5.32 Å². The van der Waals surface area contributed by atoms with Crippen LogP contribution in [0.5, 0.6) is 0 Å². The van der Waals surface area contributed by atoms with Gasteiger partial charge in [-0.15, -0.1) is 0 Å². The molecule has 0 saturated carbocycles. The Labute approximate surface area is 145 Å². The fraction of sp³-hybridized carbons (Fsp3) is 0.0500. The molecule has 122 valence electrons.